The van der Waals surface area contributed by atoms with Crippen molar-refractivity contribution in [2.75, 3.05) is 6.54 Å². The minimum absolute atomic E-state index is 0.0377. The molecule has 1 heterocycles. The summed E-state index contributed by atoms with van der Waals surface area (Å²) in [5.41, 5.74) is 0.895. The van der Waals surface area contributed by atoms with Crippen molar-refractivity contribution in [1.29, 1.82) is 0 Å². The van der Waals surface area contributed by atoms with Gasteiger partial charge in [-0.2, -0.15) is 9.90 Å². The Balaban J connectivity index is 1.63. The molecule has 0 aliphatic heterocycles. The summed E-state index contributed by atoms with van der Waals surface area (Å²) in [5.74, 6) is -1.39. The van der Waals surface area contributed by atoms with Crippen LogP contribution in [-0.4, -0.2) is 32.6 Å². The van der Waals surface area contributed by atoms with E-state index in [1.165, 1.54) is 53.5 Å². The van der Waals surface area contributed by atoms with Gasteiger partial charge in [-0.15, -0.1) is 5.10 Å². The molecule has 128 valence electrons. The van der Waals surface area contributed by atoms with Crippen molar-refractivity contribution in [3.63, 3.8) is 0 Å². The Kier molecular flexibility index (Phi) is 4.80. The fourth-order valence-corrected chi connectivity index (χ4v) is 2.18. The third-order valence-corrected chi connectivity index (χ3v) is 3.47. The first-order valence-corrected chi connectivity index (χ1v) is 7.43. The number of rotatable bonds is 5. The molecule has 0 aliphatic carbocycles. The minimum Gasteiger partial charge on any atom is -0.387 e. The fourth-order valence-electron chi connectivity index (χ4n) is 2.18. The second kappa shape index (κ2) is 7.18. The number of nitrogens with one attached hydrogen (secondary N) is 1. The molecule has 0 spiro atoms. The maximum atomic E-state index is 13.1. The van der Waals surface area contributed by atoms with Crippen LogP contribution in [-0.2, 0) is 0 Å². The molecule has 25 heavy (non-hydrogen) atoms. The molecule has 1 amide bonds. The molecule has 0 aliphatic rings. The van der Waals surface area contributed by atoms with E-state index in [0.29, 0.717) is 11.3 Å². The van der Waals surface area contributed by atoms with Crippen LogP contribution in [0.2, 0.25) is 0 Å². The zero-order valence-corrected chi connectivity index (χ0v) is 12.9. The average Bonchev–Trinajstić information content (AvgIpc) is 3.10. The Morgan fingerprint density at radius 1 is 1.16 bits per heavy atom. The van der Waals surface area contributed by atoms with E-state index in [1.54, 1.807) is 6.07 Å². The number of nitrogens with zero attached hydrogens (tertiary/aromatic N) is 3. The maximum absolute atomic E-state index is 13.1. The molecule has 0 saturated heterocycles. The topological polar surface area (TPSA) is 80.0 Å². The fraction of sp³-hybridized carbons (Fsp3) is 0.118. The standard InChI is InChI=1S/C17H14F2N4O2/c18-12-4-6-14(7-5-12)23-21-9-15(22-23)17(25)20-10-16(24)11-2-1-3-13(19)8-11/h1-9,16,24H,10H2,(H,20,25)/t16-/m0/s1. The second-order valence-electron chi connectivity index (χ2n) is 5.28. The lowest BCUT2D eigenvalue weighted by molar-refractivity contribution is 0.0911. The first-order chi connectivity index (χ1) is 12.0. The Bertz CT molecular complexity index is 880. The summed E-state index contributed by atoms with van der Waals surface area (Å²) < 4.78 is 26.1. The summed E-state index contributed by atoms with van der Waals surface area (Å²) in [4.78, 5) is 13.3. The molecular weight excluding hydrogens is 330 g/mol. The number of hydrogen-bond donors (Lipinski definition) is 2. The van der Waals surface area contributed by atoms with Crippen molar-refractivity contribution in [3.05, 3.63) is 77.6 Å². The number of aliphatic hydroxyl groups excluding tert-OH is 1. The first kappa shape index (κ1) is 16.7. The van der Waals surface area contributed by atoms with Crippen molar-refractivity contribution in [2.45, 2.75) is 6.10 Å². The molecule has 1 atom stereocenters. The molecule has 2 aromatic carbocycles. The van der Waals surface area contributed by atoms with Gasteiger partial charge in [0.1, 0.15) is 11.6 Å². The van der Waals surface area contributed by atoms with Crippen molar-refractivity contribution >= 4 is 5.91 Å². The van der Waals surface area contributed by atoms with E-state index in [4.69, 9.17) is 0 Å². The molecule has 0 saturated carbocycles. The van der Waals surface area contributed by atoms with Crippen molar-refractivity contribution < 1.29 is 18.7 Å². The predicted molar refractivity (Wildman–Crippen MR) is 85.0 cm³/mol. The minimum atomic E-state index is -1.05. The number of aliphatic hydroxyl groups is 1. The van der Waals surface area contributed by atoms with Crippen LogP contribution in [0.15, 0.2) is 54.7 Å². The van der Waals surface area contributed by atoms with Crippen molar-refractivity contribution in [2.24, 2.45) is 0 Å². The number of halogens is 2. The normalized spacial score (nSPS) is 12.0. The smallest absolute Gasteiger partial charge is 0.273 e. The van der Waals surface area contributed by atoms with Gasteiger partial charge in [0.2, 0.25) is 0 Å². The third-order valence-electron chi connectivity index (χ3n) is 3.47. The lowest BCUT2D eigenvalue weighted by Gasteiger charge is -2.11. The van der Waals surface area contributed by atoms with Gasteiger partial charge in [0.05, 0.1) is 18.0 Å². The summed E-state index contributed by atoms with van der Waals surface area (Å²) in [6.07, 6.45) is 0.208. The van der Waals surface area contributed by atoms with E-state index >= 15 is 0 Å². The SMILES string of the molecule is O=C(NC[C@H](O)c1cccc(F)c1)c1cnn(-c2ccc(F)cc2)n1. The van der Waals surface area contributed by atoms with E-state index in [9.17, 15) is 18.7 Å². The van der Waals surface area contributed by atoms with Gasteiger partial charge in [0, 0.05) is 6.54 Å². The van der Waals surface area contributed by atoms with E-state index in [2.05, 4.69) is 15.5 Å². The number of benzene rings is 2. The van der Waals surface area contributed by atoms with Gasteiger partial charge in [0.25, 0.3) is 5.91 Å². The summed E-state index contributed by atoms with van der Waals surface area (Å²) in [7, 11) is 0. The molecule has 1 aromatic heterocycles. The lowest BCUT2D eigenvalue weighted by Crippen LogP contribution is -2.28. The van der Waals surface area contributed by atoms with Crippen LogP contribution in [0, 0.1) is 11.6 Å². The Labute approximate surface area is 141 Å². The molecule has 0 fully saturated rings. The quantitative estimate of drug-likeness (QED) is 0.742. The Morgan fingerprint density at radius 3 is 2.64 bits per heavy atom. The molecule has 0 radical (unpaired) electrons. The zero-order chi connectivity index (χ0) is 17.8. The van der Waals surface area contributed by atoms with Crippen LogP contribution >= 0.6 is 0 Å². The Hall–Kier alpha value is -3.13. The highest BCUT2D eigenvalue weighted by Gasteiger charge is 2.14. The van der Waals surface area contributed by atoms with Gasteiger partial charge < -0.3 is 10.4 Å². The van der Waals surface area contributed by atoms with Gasteiger partial charge in [-0.3, -0.25) is 4.79 Å². The van der Waals surface area contributed by atoms with Gasteiger partial charge in [-0.1, -0.05) is 12.1 Å². The summed E-state index contributed by atoms with van der Waals surface area (Å²) in [5, 5.41) is 20.4. The van der Waals surface area contributed by atoms with Crippen LogP contribution in [0.4, 0.5) is 8.78 Å². The third kappa shape index (κ3) is 4.04. The molecule has 3 aromatic rings. The number of hydrogen-bond acceptors (Lipinski definition) is 4. The van der Waals surface area contributed by atoms with Gasteiger partial charge in [0.15, 0.2) is 5.69 Å². The first-order valence-electron chi connectivity index (χ1n) is 7.43. The van der Waals surface area contributed by atoms with Crippen LogP contribution in [0.5, 0.6) is 0 Å². The molecule has 0 bridgehead atoms. The predicted octanol–water partition coefficient (Wildman–Crippen LogP) is 2.01. The number of amides is 1. The van der Waals surface area contributed by atoms with Gasteiger partial charge in [-0.25, -0.2) is 8.78 Å². The van der Waals surface area contributed by atoms with E-state index in [0.717, 1.165) is 0 Å². The summed E-state index contributed by atoms with van der Waals surface area (Å²) in [6, 6.07) is 11.0. The monoisotopic (exact) mass is 344 g/mol. The highest BCUT2D eigenvalue weighted by atomic mass is 19.1. The van der Waals surface area contributed by atoms with Crippen molar-refractivity contribution in [1.82, 2.24) is 20.3 Å². The number of aromatic nitrogens is 3. The van der Waals surface area contributed by atoms with Crippen molar-refractivity contribution in [3.8, 4) is 5.69 Å². The van der Waals surface area contributed by atoms with Gasteiger partial charge in [-0.05, 0) is 42.0 Å². The second-order valence-corrected chi connectivity index (χ2v) is 5.28. The lowest BCUT2D eigenvalue weighted by atomic mass is 10.1. The Morgan fingerprint density at radius 2 is 1.92 bits per heavy atom. The number of carbonyl (C=O) groups excluding carboxylic acids is 1. The molecule has 8 heteroatoms. The molecular formula is C17H14F2N4O2. The maximum Gasteiger partial charge on any atom is 0.273 e. The van der Waals surface area contributed by atoms with E-state index in [-0.39, 0.29) is 18.1 Å². The zero-order valence-electron chi connectivity index (χ0n) is 12.9. The summed E-state index contributed by atoms with van der Waals surface area (Å²) >= 11 is 0. The highest BCUT2D eigenvalue weighted by Crippen LogP contribution is 2.13. The van der Waals surface area contributed by atoms with Gasteiger partial charge >= 0.3 is 0 Å². The highest BCUT2D eigenvalue weighted by molar-refractivity contribution is 5.91. The molecule has 0 unspecified atom stereocenters. The van der Waals surface area contributed by atoms with Crippen LogP contribution < -0.4 is 5.32 Å². The van der Waals surface area contributed by atoms with E-state index in [1.807, 2.05) is 0 Å². The van der Waals surface area contributed by atoms with E-state index < -0.39 is 17.8 Å². The van der Waals surface area contributed by atoms with Crippen LogP contribution in [0.25, 0.3) is 5.69 Å². The molecule has 2 N–H and O–H groups in total. The molecule has 6 nitrogen and oxygen atoms in total. The van der Waals surface area contributed by atoms with Crippen LogP contribution in [0.3, 0.4) is 0 Å². The van der Waals surface area contributed by atoms with Crippen LogP contribution in [0.1, 0.15) is 22.2 Å². The average molecular weight is 344 g/mol. The number of carbonyl (C=O) groups is 1. The summed E-state index contributed by atoms with van der Waals surface area (Å²) in [6.45, 7) is -0.105. The largest absolute Gasteiger partial charge is 0.387 e. The molecule has 3 rings (SSSR count).